The van der Waals surface area contributed by atoms with E-state index >= 15 is 0 Å². The van der Waals surface area contributed by atoms with E-state index in [1.54, 1.807) is 0 Å². The summed E-state index contributed by atoms with van der Waals surface area (Å²) in [4.78, 5) is 16.2. The molecule has 0 amide bonds. The first-order chi connectivity index (χ1) is 13.0. The lowest BCUT2D eigenvalue weighted by atomic mass is 10.1. The second kappa shape index (κ2) is 12.0. The molecule has 2 N–H and O–H groups in total. The molecule has 1 aliphatic rings. The van der Waals surface area contributed by atoms with Gasteiger partial charge in [-0.3, -0.25) is 4.79 Å². The van der Waals surface area contributed by atoms with Crippen molar-refractivity contribution in [2.24, 2.45) is 10.9 Å². The maximum Gasteiger partial charge on any atom is 0.310 e. The van der Waals surface area contributed by atoms with Gasteiger partial charge >= 0.3 is 5.97 Å². The zero-order chi connectivity index (χ0) is 19.8. The molecule has 7 nitrogen and oxygen atoms in total. The third-order valence-electron chi connectivity index (χ3n) is 4.31. The molecule has 0 fully saturated rings. The van der Waals surface area contributed by atoms with Crippen molar-refractivity contribution in [2.45, 2.75) is 46.8 Å². The molecule has 8 heteroatoms. The van der Waals surface area contributed by atoms with Crippen LogP contribution in [0.4, 0.5) is 0 Å². The van der Waals surface area contributed by atoms with Crippen molar-refractivity contribution in [3.8, 4) is 11.5 Å². The van der Waals surface area contributed by atoms with E-state index in [1.807, 2.05) is 26.8 Å². The molecule has 0 saturated carbocycles. The first-order valence-corrected chi connectivity index (χ1v) is 9.53. The van der Waals surface area contributed by atoms with Gasteiger partial charge in [0.05, 0.1) is 26.2 Å². The van der Waals surface area contributed by atoms with Gasteiger partial charge in [-0.15, -0.1) is 24.0 Å². The van der Waals surface area contributed by atoms with Crippen molar-refractivity contribution >= 4 is 35.9 Å². The largest absolute Gasteiger partial charge is 0.494 e. The summed E-state index contributed by atoms with van der Waals surface area (Å²) in [5.74, 6) is 1.89. The molecular formula is C20H32IN3O4. The number of hydrogen-bond acceptors (Lipinski definition) is 5. The van der Waals surface area contributed by atoms with E-state index in [-0.39, 0.29) is 42.0 Å². The van der Waals surface area contributed by atoms with Gasteiger partial charge in [-0.1, -0.05) is 6.92 Å². The lowest BCUT2D eigenvalue weighted by Gasteiger charge is -2.15. The smallest absolute Gasteiger partial charge is 0.310 e. The minimum atomic E-state index is -0.257. The van der Waals surface area contributed by atoms with Crippen molar-refractivity contribution in [1.29, 1.82) is 0 Å². The highest BCUT2D eigenvalue weighted by molar-refractivity contribution is 14.0. The second-order valence-corrected chi connectivity index (χ2v) is 6.63. The van der Waals surface area contributed by atoms with Crippen LogP contribution in [-0.4, -0.2) is 44.8 Å². The fourth-order valence-corrected chi connectivity index (χ4v) is 2.94. The number of esters is 1. The number of hydrogen-bond donors (Lipinski definition) is 2. The maximum atomic E-state index is 11.6. The van der Waals surface area contributed by atoms with Crippen molar-refractivity contribution in [3.05, 3.63) is 23.3 Å². The predicted molar refractivity (Wildman–Crippen MR) is 121 cm³/mol. The van der Waals surface area contributed by atoms with Gasteiger partial charge in [0.2, 0.25) is 0 Å². The van der Waals surface area contributed by atoms with E-state index in [0.717, 1.165) is 30.0 Å². The molecule has 1 aliphatic heterocycles. The first kappa shape index (κ1) is 24.3. The van der Waals surface area contributed by atoms with Gasteiger partial charge in [0.25, 0.3) is 0 Å². The van der Waals surface area contributed by atoms with E-state index in [4.69, 9.17) is 14.2 Å². The number of rotatable bonds is 8. The topological polar surface area (TPSA) is 81.2 Å². The number of carbonyl (C=O) groups excluding carboxylic acids is 1. The van der Waals surface area contributed by atoms with Gasteiger partial charge in [0, 0.05) is 30.6 Å². The van der Waals surface area contributed by atoms with Gasteiger partial charge in [0.1, 0.15) is 17.6 Å². The van der Waals surface area contributed by atoms with Gasteiger partial charge in [-0.25, -0.2) is 4.99 Å². The summed E-state index contributed by atoms with van der Waals surface area (Å²) in [5.41, 5.74) is 2.15. The van der Waals surface area contributed by atoms with Crippen LogP contribution in [0.15, 0.2) is 17.1 Å². The van der Waals surface area contributed by atoms with Crippen molar-refractivity contribution in [1.82, 2.24) is 10.6 Å². The monoisotopic (exact) mass is 505 g/mol. The Kier molecular flexibility index (Phi) is 10.4. The number of halogens is 1. The summed E-state index contributed by atoms with van der Waals surface area (Å²) in [5, 5.41) is 6.37. The highest BCUT2D eigenvalue weighted by Gasteiger charge is 2.22. The minimum absolute atomic E-state index is 0. The molecule has 0 aliphatic carbocycles. The van der Waals surface area contributed by atoms with Gasteiger partial charge < -0.3 is 24.8 Å². The molecule has 0 spiro atoms. The van der Waals surface area contributed by atoms with Crippen LogP contribution in [0.3, 0.4) is 0 Å². The predicted octanol–water partition coefficient (Wildman–Crippen LogP) is 2.89. The Bertz CT molecular complexity index is 682. The van der Waals surface area contributed by atoms with Crippen LogP contribution in [0.1, 0.15) is 38.8 Å². The minimum Gasteiger partial charge on any atom is -0.494 e. The number of aliphatic imine (C=N–C) groups is 1. The molecule has 0 saturated heterocycles. The lowest BCUT2D eigenvalue weighted by molar-refractivity contribution is -0.144. The van der Waals surface area contributed by atoms with E-state index in [1.165, 1.54) is 12.7 Å². The first-order valence-electron chi connectivity index (χ1n) is 9.53. The number of guanidine groups is 1. The van der Waals surface area contributed by atoms with Crippen LogP contribution in [0.25, 0.3) is 0 Å². The van der Waals surface area contributed by atoms with Crippen LogP contribution in [-0.2, 0) is 22.5 Å². The normalized spacial score (nSPS) is 16.3. The van der Waals surface area contributed by atoms with Crippen LogP contribution >= 0.6 is 24.0 Å². The summed E-state index contributed by atoms with van der Waals surface area (Å²) < 4.78 is 16.4. The molecule has 1 aromatic carbocycles. The number of nitrogens with one attached hydrogen (secondary N) is 2. The van der Waals surface area contributed by atoms with Crippen molar-refractivity contribution < 1.29 is 19.0 Å². The van der Waals surface area contributed by atoms with Crippen LogP contribution in [0.2, 0.25) is 0 Å². The molecule has 0 bridgehead atoms. The zero-order valence-electron chi connectivity index (χ0n) is 17.3. The molecule has 1 heterocycles. The zero-order valence-corrected chi connectivity index (χ0v) is 19.7. The molecule has 28 heavy (non-hydrogen) atoms. The maximum absolute atomic E-state index is 11.6. The Balaban J connectivity index is 0.00000392. The number of ether oxygens (including phenoxy) is 3. The second-order valence-electron chi connectivity index (χ2n) is 6.63. The summed E-state index contributed by atoms with van der Waals surface area (Å²) in [6.07, 6.45) is 1.08. The summed E-state index contributed by atoms with van der Waals surface area (Å²) in [6, 6.07) is 4.08. The average Bonchev–Trinajstić information content (AvgIpc) is 3.01. The Morgan fingerprint density at radius 3 is 2.75 bits per heavy atom. The number of fused-ring (bicyclic) bond motifs is 1. The summed E-state index contributed by atoms with van der Waals surface area (Å²) >= 11 is 0. The summed E-state index contributed by atoms with van der Waals surface area (Å²) in [7, 11) is 1.39. The lowest BCUT2D eigenvalue weighted by Crippen LogP contribution is -2.40. The molecule has 2 rings (SSSR count). The average molecular weight is 505 g/mol. The van der Waals surface area contributed by atoms with E-state index in [0.29, 0.717) is 25.7 Å². The number of methoxy groups -OCH3 is 1. The standard InChI is InChI=1S/C20H31N3O4.HI/c1-6-21-20(22-11-13(3)19(24)25-5)23-12-16-10-18-15(8-14(4)27-18)9-17(16)26-7-2;/h9-10,13-14H,6-8,11-12H2,1-5H3,(H2,21,22,23);1H. The Hall–Kier alpha value is -1.71. The molecule has 0 radical (unpaired) electrons. The third-order valence-corrected chi connectivity index (χ3v) is 4.31. The Labute approximate surface area is 184 Å². The van der Waals surface area contributed by atoms with Crippen LogP contribution in [0.5, 0.6) is 11.5 Å². The molecule has 1 aromatic rings. The van der Waals surface area contributed by atoms with Gasteiger partial charge in [-0.05, 0) is 32.9 Å². The molecule has 158 valence electrons. The van der Waals surface area contributed by atoms with Gasteiger partial charge in [-0.2, -0.15) is 0 Å². The van der Waals surface area contributed by atoms with E-state index < -0.39 is 0 Å². The van der Waals surface area contributed by atoms with E-state index in [2.05, 4.69) is 28.6 Å². The van der Waals surface area contributed by atoms with Crippen molar-refractivity contribution in [3.63, 3.8) is 0 Å². The molecule has 2 atom stereocenters. The third kappa shape index (κ3) is 6.72. The highest BCUT2D eigenvalue weighted by atomic mass is 127. The van der Waals surface area contributed by atoms with E-state index in [9.17, 15) is 4.79 Å². The van der Waals surface area contributed by atoms with Crippen molar-refractivity contribution in [2.75, 3.05) is 26.8 Å². The SMILES string of the molecule is CCNC(=NCc1cc2c(cc1OCC)CC(C)O2)NCC(C)C(=O)OC.I. The highest BCUT2D eigenvalue weighted by Crippen LogP contribution is 2.35. The fraction of sp³-hybridized carbons (Fsp3) is 0.600. The number of carbonyl (C=O) groups is 1. The summed E-state index contributed by atoms with van der Waals surface area (Å²) in [6.45, 7) is 10.1. The molecular weight excluding hydrogens is 473 g/mol. The van der Waals surface area contributed by atoms with Crippen LogP contribution < -0.4 is 20.1 Å². The molecule has 0 aromatic heterocycles. The quantitative estimate of drug-likeness (QED) is 0.245. The van der Waals surface area contributed by atoms with Crippen LogP contribution in [0, 0.1) is 5.92 Å². The number of benzene rings is 1. The Morgan fingerprint density at radius 2 is 2.11 bits per heavy atom. The number of nitrogens with zero attached hydrogens (tertiary/aromatic N) is 1. The molecule has 2 unspecified atom stereocenters. The Morgan fingerprint density at radius 1 is 1.36 bits per heavy atom. The fourth-order valence-electron chi connectivity index (χ4n) is 2.94. The van der Waals surface area contributed by atoms with Gasteiger partial charge in [0.15, 0.2) is 5.96 Å².